The van der Waals surface area contributed by atoms with E-state index in [9.17, 15) is 4.79 Å². The van der Waals surface area contributed by atoms with Gasteiger partial charge in [0.1, 0.15) is 6.26 Å². The molecule has 0 saturated heterocycles. The van der Waals surface area contributed by atoms with E-state index in [0.29, 0.717) is 29.0 Å². The van der Waals surface area contributed by atoms with Crippen LogP contribution in [-0.2, 0) is 16.0 Å². The Bertz CT molecular complexity index is 791. The smallest absolute Gasteiger partial charge is 0.312 e. The highest BCUT2D eigenvalue weighted by atomic mass is 35.5. The highest BCUT2D eigenvalue weighted by Crippen LogP contribution is 2.31. The van der Waals surface area contributed by atoms with Gasteiger partial charge in [-0.25, -0.2) is 4.98 Å². The summed E-state index contributed by atoms with van der Waals surface area (Å²) in [6, 6.07) is 8.87. The molecule has 6 heteroatoms. The minimum absolute atomic E-state index is 0.0332. The SMILES string of the molecule is CCOC(=O)Cc1nc(-c2ccc(Cl)cc2)oc1-c1ccoc1. The molecule has 0 fully saturated rings. The summed E-state index contributed by atoms with van der Waals surface area (Å²) in [4.78, 5) is 16.2. The Morgan fingerprint density at radius 2 is 2.00 bits per heavy atom. The summed E-state index contributed by atoms with van der Waals surface area (Å²) >= 11 is 5.90. The van der Waals surface area contributed by atoms with Crippen molar-refractivity contribution in [2.24, 2.45) is 0 Å². The lowest BCUT2D eigenvalue weighted by Crippen LogP contribution is -2.08. The molecule has 23 heavy (non-hydrogen) atoms. The lowest BCUT2D eigenvalue weighted by atomic mass is 10.2. The molecule has 0 spiro atoms. The monoisotopic (exact) mass is 331 g/mol. The van der Waals surface area contributed by atoms with Crippen LogP contribution in [0.1, 0.15) is 12.6 Å². The van der Waals surface area contributed by atoms with Gasteiger partial charge in [-0.05, 0) is 37.3 Å². The van der Waals surface area contributed by atoms with Crippen molar-refractivity contribution in [3.63, 3.8) is 0 Å². The molecule has 0 bridgehead atoms. The highest BCUT2D eigenvalue weighted by Gasteiger charge is 2.20. The first-order valence-corrected chi connectivity index (χ1v) is 7.49. The van der Waals surface area contributed by atoms with E-state index in [-0.39, 0.29) is 12.4 Å². The first kappa shape index (κ1) is 15.4. The quantitative estimate of drug-likeness (QED) is 0.650. The van der Waals surface area contributed by atoms with E-state index in [1.807, 2.05) is 12.1 Å². The summed E-state index contributed by atoms with van der Waals surface area (Å²) in [5.41, 5.74) is 2.00. The van der Waals surface area contributed by atoms with Crippen molar-refractivity contribution in [2.45, 2.75) is 13.3 Å². The van der Waals surface area contributed by atoms with Crippen LogP contribution in [0.15, 0.2) is 51.7 Å². The number of carbonyl (C=O) groups is 1. The number of rotatable bonds is 5. The first-order valence-electron chi connectivity index (χ1n) is 7.11. The number of hydrogen-bond acceptors (Lipinski definition) is 5. The summed E-state index contributed by atoms with van der Waals surface area (Å²) < 4.78 is 15.9. The number of carbonyl (C=O) groups excluding carboxylic acids is 1. The maximum Gasteiger partial charge on any atom is 0.312 e. The fourth-order valence-electron chi connectivity index (χ4n) is 2.16. The molecule has 3 rings (SSSR count). The number of ether oxygens (including phenoxy) is 1. The van der Waals surface area contributed by atoms with E-state index in [4.69, 9.17) is 25.2 Å². The largest absolute Gasteiger partial charge is 0.472 e. The lowest BCUT2D eigenvalue weighted by molar-refractivity contribution is -0.142. The van der Waals surface area contributed by atoms with Gasteiger partial charge in [0.05, 0.1) is 30.5 Å². The van der Waals surface area contributed by atoms with Crippen molar-refractivity contribution >= 4 is 17.6 Å². The average Bonchev–Trinajstić information content (AvgIpc) is 3.17. The Hall–Kier alpha value is -2.53. The fraction of sp³-hybridized carbons (Fsp3) is 0.176. The molecule has 2 heterocycles. The van der Waals surface area contributed by atoms with Crippen molar-refractivity contribution in [1.82, 2.24) is 4.98 Å². The summed E-state index contributed by atoms with van der Waals surface area (Å²) in [6.07, 6.45) is 3.11. The van der Waals surface area contributed by atoms with Crippen molar-refractivity contribution < 1.29 is 18.4 Å². The van der Waals surface area contributed by atoms with Crippen LogP contribution >= 0.6 is 11.6 Å². The molecule has 0 radical (unpaired) electrons. The molecule has 1 aromatic carbocycles. The van der Waals surface area contributed by atoms with Gasteiger partial charge in [0.25, 0.3) is 0 Å². The van der Waals surface area contributed by atoms with Crippen molar-refractivity contribution in [2.75, 3.05) is 6.61 Å². The number of furan rings is 1. The molecule has 0 aliphatic carbocycles. The zero-order valence-corrected chi connectivity index (χ0v) is 13.2. The van der Waals surface area contributed by atoms with Gasteiger partial charge in [-0.2, -0.15) is 0 Å². The Balaban J connectivity index is 1.99. The molecule has 2 aromatic heterocycles. The lowest BCUT2D eigenvalue weighted by Gasteiger charge is -1.99. The second-order valence-corrected chi connectivity index (χ2v) is 5.23. The zero-order valence-electron chi connectivity index (χ0n) is 12.4. The van der Waals surface area contributed by atoms with E-state index in [1.54, 1.807) is 31.4 Å². The number of hydrogen-bond donors (Lipinski definition) is 0. The second kappa shape index (κ2) is 6.71. The Morgan fingerprint density at radius 3 is 2.65 bits per heavy atom. The fourth-order valence-corrected chi connectivity index (χ4v) is 2.28. The average molecular weight is 332 g/mol. The molecule has 0 amide bonds. The zero-order chi connectivity index (χ0) is 16.2. The Labute approximate surface area is 137 Å². The number of halogens is 1. The molecule has 118 valence electrons. The van der Waals surface area contributed by atoms with Crippen molar-refractivity contribution in [1.29, 1.82) is 0 Å². The van der Waals surface area contributed by atoms with Gasteiger partial charge in [-0.15, -0.1) is 0 Å². The van der Waals surface area contributed by atoms with E-state index in [0.717, 1.165) is 11.1 Å². The normalized spacial score (nSPS) is 10.7. The molecule has 0 unspecified atom stereocenters. The molecule has 3 aromatic rings. The third kappa shape index (κ3) is 3.46. The molecule has 0 aliphatic rings. The summed E-state index contributed by atoms with van der Waals surface area (Å²) in [6.45, 7) is 2.08. The van der Waals surface area contributed by atoms with Gasteiger partial charge < -0.3 is 13.6 Å². The molecule has 0 N–H and O–H groups in total. The Morgan fingerprint density at radius 1 is 1.22 bits per heavy atom. The predicted octanol–water partition coefficient (Wildman–Crippen LogP) is 4.36. The summed E-state index contributed by atoms with van der Waals surface area (Å²) in [7, 11) is 0. The van der Waals surface area contributed by atoms with E-state index < -0.39 is 0 Å². The summed E-state index contributed by atoms with van der Waals surface area (Å²) in [5, 5.41) is 0.627. The van der Waals surface area contributed by atoms with E-state index in [1.165, 1.54) is 6.26 Å². The van der Waals surface area contributed by atoms with Crippen molar-refractivity contribution in [3.8, 4) is 22.8 Å². The third-order valence-electron chi connectivity index (χ3n) is 3.19. The molecular formula is C17H14ClNO4. The van der Waals surface area contributed by atoms with Crippen LogP contribution in [-0.4, -0.2) is 17.6 Å². The summed E-state index contributed by atoms with van der Waals surface area (Å²) in [5.74, 6) is 0.558. The van der Waals surface area contributed by atoms with Crippen LogP contribution in [0.5, 0.6) is 0 Å². The molecule has 5 nitrogen and oxygen atoms in total. The first-order chi connectivity index (χ1) is 11.2. The highest BCUT2D eigenvalue weighted by molar-refractivity contribution is 6.30. The molecule has 0 saturated carbocycles. The maximum atomic E-state index is 11.8. The minimum Gasteiger partial charge on any atom is -0.472 e. The standard InChI is InChI=1S/C17H14ClNO4/c1-2-22-15(20)9-14-16(12-7-8-21-10-12)23-17(19-14)11-3-5-13(18)6-4-11/h3-8,10H,2,9H2,1H3. The van der Waals surface area contributed by atoms with Crippen LogP contribution in [0.2, 0.25) is 5.02 Å². The van der Waals surface area contributed by atoms with Gasteiger partial charge in [-0.3, -0.25) is 4.79 Å². The number of benzene rings is 1. The van der Waals surface area contributed by atoms with Crippen molar-refractivity contribution in [3.05, 3.63) is 53.6 Å². The molecular weight excluding hydrogens is 318 g/mol. The predicted molar refractivity (Wildman–Crippen MR) is 85.0 cm³/mol. The number of aromatic nitrogens is 1. The second-order valence-electron chi connectivity index (χ2n) is 4.80. The van der Waals surface area contributed by atoms with Gasteiger partial charge in [0, 0.05) is 10.6 Å². The Kier molecular flexibility index (Phi) is 4.48. The van der Waals surface area contributed by atoms with Gasteiger partial charge >= 0.3 is 5.97 Å². The van der Waals surface area contributed by atoms with E-state index in [2.05, 4.69) is 4.98 Å². The minimum atomic E-state index is -0.354. The molecule has 0 aliphatic heterocycles. The van der Waals surface area contributed by atoms with Crippen LogP contribution in [0.4, 0.5) is 0 Å². The van der Waals surface area contributed by atoms with Crippen LogP contribution < -0.4 is 0 Å². The van der Waals surface area contributed by atoms with Crippen LogP contribution in [0.3, 0.4) is 0 Å². The topological polar surface area (TPSA) is 65.5 Å². The van der Waals surface area contributed by atoms with Gasteiger partial charge in [-0.1, -0.05) is 11.6 Å². The van der Waals surface area contributed by atoms with Crippen LogP contribution in [0.25, 0.3) is 22.8 Å². The van der Waals surface area contributed by atoms with Crippen LogP contribution in [0, 0.1) is 0 Å². The van der Waals surface area contributed by atoms with Gasteiger partial charge in [0.2, 0.25) is 5.89 Å². The third-order valence-corrected chi connectivity index (χ3v) is 3.44. The number of oxazole rings is 1. The number of nitrogens with zero attached hydrogens (tertiary/aromatic N) is 1. The van der Waals surface area contributed by atoms with Gasteiger partial charge in [0.15, 0.2) is 5.76 Å². The van der Waals surface area contributed by atoms with E-state index >= 15 is 0 Å². The molecule has 0 atom stereocenters. The maximum absolute atomic E-state index is 11.8. The number of esters is 1.